The first kappa shape index (κ1) is 22.2. The van der Waals surface area contributed by atoms with Gasteiger partial charge in [-0.2, -0.15) is 4.31 Å². The van der Waals surface area contributed by atoms with Gasteiger partial charge in [0, 0.05) is 44.9 Å². The molecule has 3 rings (SSSR count). The van der Waals surface area contributed by atoms with E-state index in [1.165, 1.54) is 12.8 Å². The van der Waals surface area contributed by atoms with Crippen LogP contribution in [-0.4, -0.2) is 76.0 Å². The summed E-state index contributed by atoms with van der Waals surface area (Å²) in [6.45, 7) is 3.82. The topological polar surface area (TPSA) is 79.0 Å². The van der Waals surface area contributed by atoms with Crippen LogP contribution in [0.25, 0.3) is 0 Å². The quantitative estimate of drug-likeness (QED) is 0.613. The standard InChI is InChI=1S/C21H33N3O4S/c1-23-12-14-24(15-13-23)29(26,27)17-18-7-9-19(10-8-18)21(25)22-11-4-16-28-20-5-2-3-6-20/h7-10,20H,2-6,11-17H2,1H3,(H,22,25). The van der Waals surface area contributed by atoms with Gasteiger partial charge in [-0.15, -0.1) is 0 Å². The monoisotopic (exact) mass is 423 g/mol. The number of nitrogens with one attached hydrogen (secondary N) is 1. The summed E-state index contributed by atoms with van der Waals surface area (Å²) in [6.07, 6.45) is 6.03. The van der Waals surface area contributed by atoms with E-state index in [0.717, 1.165) is 32.4 Å². The molecule has 7 nitrogen and oxygen atoms in total. The number of carbonyl (C=O) groups excluding carboxylic acids is 1. The molecule has 1 saturated heterocycles. The van der Waals surface area contributed by atoms with Crippen molar-refractivity contribution in [3.63, 3.8) is 0 Å². The summed E-state index contributed by atoms with van der Waals surface area (Å²) in [5.74, 6) is -0.170. The number of amides is 1. The molecule has 1 aliphatic heterocycles. The highest BCUT2D eigenvalue weighted by molar-refractivity contribution is 7.88. The van der Waals surface area contributed by atoms with E-state index < -0.39 is 10.0 Å². The lowest BCUT2D eigenvalue weighted by Gasteiger charge is -2.31. The molecule has 29 heavy (non-hydrogen) atoms. The first-order chi connectivity index (χ1) is 13.9. The molecule has 0 radical (unpaired) electrons. The Hall–Kier alpha value is -1.48. The van der Waals surface area contributed by atoms with E-state index in [1.807, 2.05) is 7.05 Å². The van der Waals surface area contributed by atoms with Crippen molar-refractivity contribution in [3.05, 3.63) is 35.4 Å². The summed E-state index contributed by atoms with van der Waals surface area (Å²) in [4.78, 5) is 14.4. The molecule has 1 aliphatic carbocycles. The van der Waals surface area contributed by atoms with Gasteiger partial charge in [0.1, 0.15) is 0 Å². The van der Waals surface area contributed by atoms with Gasteiger partial charge >= 0.3 is 0 Å². The third kappa shape index (κ3) is 6.77. The van der Waals surface area contributed by atoms with Gasteiger partial charge in [0.05, 0.1) is 11.9 Å². The van der Waals surface area contributed by atoms with Crippen molar-refractivity contribution in [1.82, 2.24) is 14.5 Å². The van der Waals surface area contributed by atoms with Crippen molar-refractivity contribution >= 4 is 15.9 Å². The molecule has 0 spiro atoms. The minimum absolute atomic E-state index is 0.0306. The molecule has 1 saturated carbocycles. The minimum atomic E-state index is -3.33. The minimum Gasteiger partial charge on any atom is -0.378 e. The molecule has 1 aromatic rings. The van der Waals surface area contributed by atoms with E-state index in [1.54, 1.807) is 28.6 Å². The van der Waals surface area contributed by atoms with Crippen LogP contribution in [0, 0.1) is 0 Å². The van der Waals surface area contributed by atoms with Crippen LogP contribution >= 0.6 is 0 Å². The van der Waals surface area contributed by atoms with Crippen LogP contribution < -0.4 is 5.32 Å². The molecule has 0 unspecified atom stereocenters. The van der Waals surface area contributed by atoms with E-state index >= 15 is 0 Å². The molecule has 162 valence electrons. The highest BCUT2D eigenvalue weighted by atomic mass is 32.2. The Kier molecular flexibility index (Phi) is 8.06. The summed E-state index contributed by atoms with van der Waals surface area (Å²) < 4.78 is 32.5. The Bertz CT molecular complexity index is 753. The SMILES string of the molecule is CN1CCN(S(=O)(=O)Cc2ccc(C(=O)NCCCOC3CCCC3)cc2)CC1. The number of hydrogen-bond donors (Lipinski definition) is 1. The van der Waals surface area contributed by atoms with E-state index in [-0.39, 0.29) is 11.7 Å². The van der Waals surface area contributed by atoms with Crippen LogP contribution in [0.15, 0.2) is 24.3 Å². The van der Waals surface area contributed by atoms with Gasteiger partial charge in [-0.25, -0.2) is 8.42 Å². The van der Waals surface area contributed by atoms with Crippen LogP contribution in [0.4, 0.5) is 0 Å². The molecular weight excluding hydrogens is 390 g/mol. The Balaban J connectivity index is 1.41. The molecule has 1 N–H and O–H groups in total. The number of likely N-dealkylation sites (N-methyl/N-ethyl adjacent to an activating group) is 1. The van der Waals surface area contributed by atoms with Crippen LogP contribution in [-0.2, 0) is 20.5 Å². The van der Waals surface area contributed by atoms with Crippen molar-refractivity contribution < 1.29 is 17.9 Å². The van der Waals surface area contributed by atoms with Gasteiger partial charge in [0.25, 0.3) is 5.91 Å². The van der Waals surface area contributed by atoms with E-state index in [9.17, 15) is 13.2 Å². The van der Waals surface area contributed by atoms with E-state index in [0.29, 0.717) is 43.5 Å². The number of ether oxygens (including phenoxy) is 1. The largest absolute Gasteiger partial charge is 0.378 e. The number of carbonyl (C=O) groups is 1. The maximum atomic E-state index is 12.6. The number of rotatable bonds is 9. The molecule has 1 amide bonds. The Morgan fingerprint density at radius 1 is 1.10 bits per heavy atom. The van der Waals surface area contributed by atoms with Crippen molar-refractivity contribution in [3.8, 4) is 0 Å². The number of piperazine rings is 1. The van der Waals surface area contributed by atoms with Crippen LogP contribution in [0.1, 0.15) is 48.0 Å². The normalized spacial score (nSPS) is 19.5. The van der Waals surface area contributed by atoms with E-state index in [4.69, 9.17) is 4.74 Å². The average Bonchev–Trinajstić information content (AvgIpc) is 3.22. The molecule has 8 heteroatoms. The molecule has 1 heterocycles. The zero-order chi connectivity index (χ0) is 20.7. The second-order valence-electron chi connectivity index (χ2n) is 8.04. The lowest BCUT2D eigenvalue weighted by atomic mass is 10.1. The zero-order valence-corrected chi connectivity index (χ0v) is 18.1. The van der Waals surface area contributed by atoms with Crippen molar-refractivity contribution in [1.29, 1.82) is 0 Å². The predicted octanol–water partition coefficient (Wildman–Crippen LogP) is 1.84. The van der Waals surface area contributed by atoms with Gasteiger partial charge in [-0.3, -0.25) is 4.79 Å². The van der Waals surface area contributed by atoms with Crippen LogP contribution in [0.5, 0.6) is 0 Å². The predicted molar refractivity (Wildman–Crippen MR) is 113 cm³/mol. The molecule has 2 aliphatic rings. The molecule has 0 atom stereocenters. The Labute approximate surface area is 174 Å². The fourth-order valence-corrected chi connectivity index (χ4v) is 5.32. The van der Waals surface area contributed by atoms with Crippen molar-refractivity contribution in [2.45, 2.75) is 44.0 Å². The Morgan fingerprint density at radius 3 is 2.41 bits per heavy atom. The zero-order valence-electron chi connectivity index (χ0n) is 17.3. The second kappa shape index (κ2) is 10.5. The number of sulfonamides is 1. The highest BCUT2D eigenvalue weighted by Gasteiger charge is 2.25. The van der Waals surface area contributed by atoms with Gasteiger partial charge in [0.15, 0.2) is 0 Å². The average molecular weight is 424 g/mol. The third-order valence-electron chi connectivity index (χ3n) is 5.68. The van der Waals surface area contributed by atoms with Crippen LogP contribution in [0.3, 0.4) is 0 Å². The van der Waals surface area contributed by atoms with Gasteiger partial charge in [-0.1, -0.05) is 25.0 Å². The maximum absolute atomic E-state index is 12.6. The highest BCUT2D eigenvalue weighted by Crippen LogP contribution is 2.20. The first-order valence-corrected chi connectivity index (χ1v) is 12.2. The van der Waals surface area contributed by atoms with Gasteiger partial charge in [-0.05, 0) is 44.0 Å². The summed E-state index contributed by atoms with van der Waals surface area (Å²) >= 11 is 0. The summed E-state index contributed by atoms with van der Waals surface area (Å²) in [7, 11) is -1.33. The lowest BCUT2D eigenvalue weighted by molar-refractivity contribution is 0.0565. The summed E-state index contributed by atoms with van der Waals surface area (Å²) in [5.41, 5.74) is 1.24. The molecule has 0 bridgehead atoms. The number of nitrogens with zero attached hydrogens (tertiary/aromatic N) is 2. The third-order valence-corrected chi connectivity index (χ3v) is 7.53. The lowest BCUT2D eigenvalue weighted by Crippen LogP contribution is -2.47. The first-order valence-electron chi connectivity index (χ1n) is 10.6. The number of hydrogen-bond acceptors (Lipinski definition) is 5. The molecular formula is C21H33N3O4S. The summed E-state index contributed by atoms with van der Waals surface area (Å²) in [5, 5.41) is 2.90. The number of benzene rings is 1. The molecule has 2 fully saturated rings. The fraction of sp³-hybridized carbons (Fsp3) is 0.667. The van der Waals surface area contributed by atoms with E-state index in [2.05, 4.69) is 10.2 Å². The Morgan fingerprint density at radius 2 is 1.76 bits per heavy atom. The maximum Gasteiger partial charge on any atom is 0.251 e. The van der Waals surface area contributed by atoms with Gasteiger partial charge in [0.2, 0.25) is 10.0 Å². The smallest absolute Gasteiger partial charge is 0.251 e. The second-order valence-corrected chi connectivity index (χ2v) is 10.0. The van der Waals surface area contributed by atoms with Crippen molar-refractivity contribution in [2.75, 3.05) is 46.4 Å². The fourth-order valence-electron chi connectivity index (χ4n) is 3.80. The van der Waals surface area contributed by atoms with Gasteiger partial charge < -0.3 is 15.0 Å². The molecule has 1 aromatic carbocycles. The van der Waals surface area contributed by atoms with Crippen LogP contribution in [0.2, 0.25) is 0 Å². The van der Waals surface area contributed by atoms with Crippen molar-refractivity contribution in [2.24, 2.45) is 0 Å². The molecule has 0 aromatic heterocycles. The summed E-state index contributed by atoms with van der Waals surface area (Å²) in [6, 6.07) is 6.84.